The number of anilines is 1. The van der Waals surface area contributed by atoms with Crippen molar-refractivity contribution in [2.75, 3.05) is 17.7 Å². The normalized spacial score (nSPS) is 10.8. The SMILES string of the molecule is CN(C(=O)CSc1nc2cc(Cl)ccc2s1)c1ccc([N+](=O)[O-])cc1. The number of halogens is 1. The molecule has 0 N–H and O–H groups in total. The van der Waals surface area contributed by atoms with Gasteiger partial charge in [0.05, 0.1) is 20.9 Å². The predicted octanol–water partition coefficient (Wildman–Crippen LogP) is 4.61. The smallest absolute Gasteiger partial charge is 0.269 e. The maximum absolute atomic E-state index is 12.3. The van der Waals surface area contributed by atoms with Gasteiger partial charge in [-0.25, -0.2) is 4.98 Å². The summed E-state index contributed by atoms with van der Waals surface area (Å²) in [6.45, 7) is 0. The highest BCUT2D eigenvalue weighted by atomic mass is 35.5. The van der Waals surface area contributed by atoms with E-state index >= 15 is 0 Å². The predicted molar refractivity (Wildman–Crippen MR) is 102 cm³/mol. The number of thioether (sulfide) groups is 1. The van der Waals surface area contributed by atoms with Gasteiger partial charge in [-0.3, -0.25) is 14.9 Å². The fourth-order valence-electron chi connectivity index (χ4n) is 2.10. The molecule has 2 aromatic carbocycles. The zero-order valence-corrected chi connectivity index (χ0v) is 15.4. The zero-order chi connectivity index (χ0) is 18.0. The van der Waals surface area contributed by atoms with Crippen LogP contribution in [0.5, 0.6) is 0 Å². The van der Waals surface area contributed by atoms with Gasteiger partial charge >= 0.3 is 0 Å². The lowest BCUT2D eigenvalue weighted by atomic mass is 10.2. The number of hydrogen-bond donors (Lipinski definition) is 0. The zero-order valence-electron chi connectivity index (χ0n) is 13.0. The van der Waals surface area contributed by atoms with Gasteiger partial charge in [0, 0.05) is 29.9 Å². The first-order chi connectivity index (χ1) is 11.9. The maximum atomic E-state index is 12.3. The summed E-state index contributed by atoms with van der Waals surface area (Å²) in [5, 5.41) is 11.3. The quantitative estimate of drug-likeness (QED) is 0.359. The van der Waals surface area contributed by atoms with Crippen LogP contribution in [0, 0.1) is 10.1 Å². The Bertz CT molecular complexity index is 943. The number of aromatic nitrogens is 1. The van der Waals surface area contributed by atoms with Crippen molar-refractivity contribution in [2.24, 2.45) is 0 Å². The van der Waals surface area contributed by atoms with E-state index in [1.807, 2.05) is 12.1 Å². The third kappa shape index (κ3) is 4.09. The number of non-ortho nitro benzene ring substituents is 1. The molecule has 0 aliphatic rings. The molecule has 0 bridgehead atoms. The molecule has 0 saturated heterocycles. The van der Waals surface area contributed by atoms with Crippen LogP contribution in [-0.2, 0) is 4.79 Å². The Morgan fingerprint density at radius 3 is 2.72 bits per heavy atom. The average Bonchev–Trinajstić information content (AvgIpc) is 3.01. The van der Waals surface area contributed by atoms with E-state index in [-0.39, 0.29) is 17.3 Å². The minimum Gasteiger partial charge on any atom is -0.315 e. The number of thiazole rings is 1. The second-order valence-corrected chi connectivity index (χ2v) is 7.80. The van der Waals surface area contributed by atoms with Crippen molar-refractivity contribution in [3.05, 3.63) is 57.6 Å². The van der Waals surface area contributed by atoms with Crippen LogP contribution < -0.4 is 4.90 Å². The molecular weight excluding hydrogens is 382 g/mol. The Morgan fingerprint density at radius 2 is 2.04 bits per heavy atom. The molecule has 0 unspecified atom stereocenters. The van der Waals surface area contributed by atoms with Crippen LogP contribution in [0.1, 0.15) is 0 Å². The number of rotatable bonds is 5. The first-order valence-electron chi connectivity index (χ1n) is 7.14. The molecule has 1 aromatic heterocycles. The molecule has 3 rings (SSSR count). The molecular formula is C16H12ClN3O3S2. The van der Waals surface area contributed by atoms with Crippen LogP contribution in [0.3, 0.4) is 0 Å². The summed E-state index contributed by atoms with van der Waals surface area (Å²) < 4.78 is 1.81. The standard InChI is InChI=1S/C16H12ClN3O3S2/c1-19(11-3-5-12(6-4-11)20(22)23)15(21)9-24-16-18-13-8-10(17)2-7-14(13)25-16/h2-8H,9H2,1H3. The van der Waals surface area contributed by atoms with Crippen molar-refractivity contribution < 1.29 is 9.72 Å². The number of hydrogen-bond acceptors (Lipinski definition) is 6. The highest BCUT2D eigenvalue weighted by Crippen LogP contribution is 2.31. The average molecular weight is 394 g/mol. The summed E-state index contributed by atoms with van der Waals surface area (Å²) in [6, 6.07) is 11.4. The molecule has 1 amide bonds. The molecule has 0 aliphatic carbocycles. The Labute approximate surface area is 156 Å². The fourth-order valence-corrected chi connectivity index (χ4v) is 4.23. The number of benzene rings is 2. The van der Waals surface area contributed by atoms with Crippen molar-refractivity contribution in [2.45, 2.75) is 4.34 Å². The largest absolute Gasteiger partial charge is 0.315 e. The van der Waals surface area contributed by atoms with Gasteiger partial charge in [-0.05, 0) is 30.3 Å². The van der Waals surface area contributed by atoms with Gasteiger partial charge in [0.1, 0.15) is 0 Å². The lowest BCUT2D eigenvalue weighted by Gasteiger charge is -2.16. The van der Waals surface area contributed by atoms with Crippen LogP contribution in [0.4, 0.5) is 11.4 Å². The van der Waals surface area contributed by atoms with Gasteiger partial charge in [0.2, 0.25) is 5.91 Å². The fraction of sp³-hybridized carbons (Fsp3) is 0.125. The summed E-state index contributed by atoms with van der Waals surface area (Å²) in [5.41, 5.74) is 1.41. The molecule has 0 radical (unpaired) electrons. The summed E-state index contributed by atoms with van der Waals surface area (Å²) in [7, 11) is 1.64. The summed E-state index contributed by atoms with van der Waals surface area (Å²) >= 11 is 8.81. The number of carbonyl (C=O) groups is 1. The van der Waals surface area contributed by atoms with Gasteiger partial charge in [-0.15, -0.1) is 11.3 Å². The molecule has 0 atom stereocenters. The van der Waals surface area contributed by atoms with Crippen molar-refractivity contribution in [3.63, 3.8) is 0 Å². The first kappa shape index (κ1) is 17.7. The van der Waals surface area contributed by atoms with Crippen LogP contribution in [-0.4, -0.2) is 28.6 Å². The lowest BCUT2D eigenvalue weighted by Crippen LogP contribution is -2.27. The molecule has 0 fully saturated rings. The molecule has 0 spiro atoms. The number of nitro benzene ring substituents is 1. The summed E-state index contributed by atoms with van der Waals surface area (Å²) in [6.07, 6.45) is 0. The Hall–Kier alpha value is -2.16. The van der Waals surface area contributed by atoms with Gasteiger partial charge in [0.25, 0.3) is 5.69 Å². The van der Waals surface area contributed by atoms with E-state index in [9.17, 15) is 14.9 Å². The van der Waals surface area contributed by atoms with E-state index in [4.69, 9.17) is 11.6 Å². The highest BCUT2D eigenvalue weighted by Gasteiger charge is 2.14. The Kier molecular flexibility index (Phi) is 5.22. The highest BCUT2D eigenvalue weighted by molar-refractivity contribution is 8.01. The van der Waals surface area contributed by atoms with Crippen molar-refractivity contribution in [3.8, 4) is 0 Å². The second kappa shape index (κ2) is 7.38. The summed E-state index contributed by atoms with van der Waals surface area (Å²) in [5.74, 6) is 0.109. The third-order valence-corrected chi connectivity index (χ3v) is 5.87. The molecule has 0 aliphatic heterocycles. The summed E-state index contributed by atoms with van der Waals surface area (Å²) in [4.78, 5) is 28.5. The van der Waals surface area contributed by atoms with E-state index in [2.05, 4.69) is 4.98 Å². The molecule has 128 valence electrons. The van der Waals surface area contributed by atoms with Crippen molar-refractivity contribution >= 4 is 62.2 Å². The van der Waals surface area contributed by atoms with E-state index in [0.717, 1.165) is 14.6 Å². The van der Waals surface area contributed by atoms with Crippen LogP contribution in [0.15, 0.2) is 46.8 Å². The number of nitrogens with zero attached hydrogens (tertiary/aromatic N) is 3. The topological polar surface area (TPSA) is 76.3 Å². The van der Waals surface area contributed by atoms with Gasteiger partial charge < -0.3 is 4.90 Å². The van der Waals surface area contributed by atoms with E-state index < -0.39 is 4.92 Å². The molecule has 9 heteroatoms. The van der Waals surface area contributed by atoms with E-state index in [1.54, 1.807) is 25.2 Å². The second-order valence-electron chi connectivity index (χ2n) is 5.11. The van der Waals surface area contributed by atoms with E-state index in [0.29, 0.717) is 10.7 Å². The minimum atomic E-state index is -0.471. The van der Waals surface area contributed by atoms with E-state index in [1.165, 1.54) is 40.1 Å². The maximum Gasteiger partial charge on any atom is 0.269 e. The first-order valence-corrected chi connectivity index (χ1v) is 9.32. The van der Waals surface area contributed by atoms with Crippen molar-refractivity contribution in [1.29, 1.82) is 0 Å². The van der Waals surface area contributed by atoms with Gasteiger partial charge in [-0.1, -0.05) is 23.4 Å². The third-order valence-electron chi connectivity index (χ3n) is 3.47. The van der Waals surface area contributed by atoms with Gasteiger partial charge in [0.15, 0.2) is 4.34 Å². The molecule has 0 saturated carbocycles. The molecule has 6 nitrogen and oxygen atoms in total. The number of nitro groups is 1. The van der Waals surface area contributed by atoms with Crippen LogP contribution >= 0.6 is 34.7 Å². The van der Waals surface area contributed by atoms with Gasteiger partial charge in [-0.2, -0.15) is 0 Å². The Morgan fingerprint density at radius 1 is 1.32 bits per heavy atom. The number of fused-ring (bicyclic) bond motifs is 1. The minimum absolute atomic E-state index is 0.00731. The number of amides is 1. The number of carbonyl (C=O) groups excluding carboxylic acids is 1. The molecule has 1 heterocycles. The lowest BCUT2D eigenvalue weighted by molar-refractivity contribution is -0.384. The molecule has 25 heavy (non-hydrogen) atoms. The molecule has 3 aromatic rings. The van der Waals surface area contributed by atoms with Crippen LogP contribution in [0.25, 0.3) is 10.2 Å². The van der Waals surface area contributed by atoms with Crippen LogP contribution in [0.2, 0.25) is 5.02 Å². The Balaban J connectivity index is 1.65. The van der Waals surface area contributed by atoms with Crippen molar-refractivity contribution in [1.82, 2.24) is 4.98 Å². The monoisotopic (exact) mass is 393 g/mol.